The van der Waals surface area contributed by atoms with Gasteiger partial charge in [-0.05, 0) is 45.4 Å². The number of nitrogens with zero attached hydrogens (tertiary/aromatic N) is 3. The summed E-state index contributed by atoms with van der Waals surface area (Å²) in [7, 11) is 0. The Morgan fingerprint density at radius 1 is 1.43 bits per heavy atom. The maximum Gasteiger partial charge on any atom is 0.257 e. The molecule has 2 aromatic rings. The molecule has 112 valence electrons. The van der Waals surface area contributed by atoms with Gasteiger partial charge in [0.2, 0.25) is 0 Å². The van der Waals surface area contributed by atoms with Gasteiger partial charge in [0.05, 0.1) is 12.1 Å². The lowest BCUT2D eigenvalue weighted by atomic mass is 9.95. The number of piperidine rings is 1. The second-order valence-electron chi connectivity index (χ2n) is 6.20. The summed E-state index contributed by atoms with van der Waals surface area (Å²) in [5, 5.41) is 14.2. The highest BCUT2D eigenvalue weighted by molar-refractivity contribution is 5.53. The van der Waals surface area contributed by atoms with Crippen LogP contribution in [0.1, 0.15) is 31.2 Å². The number of aryl methyl sites for hydroxylation is 1. The first-order valence-electron chi connectivity index (χ1n) is 7.36. The maximum absolute atomic E-state index is 10.1. The maximum atomic E-state index is 10.1. The first-order valence-corrected chi connectivity index (χ1v) is 7.36. The van der Waals surface area contributed by atoms with E-state index < -0.39 is 5.60 Å². The predicted molar refractivity (Wildman–Crippen MR) is 79.6 cm³/mol. The Kier molecular flexibility index (Phi) is 3.78. The van der Waals surface area contributed by atoms with E-state index in [1.54, 1.807) is 0 Å². The summed E-state index contributed by atoms with van der Waals surface area (Å²) in [4.78, 5) is 6.64. The second kappa shape index (κ2) is 5.58. The van der Waals surface area contributed by atoms with Crippen molar-refractivity contribution in [2.75, 3.05) is 13.1 Å². The Labute approximate surface area is 124 Å². The Morgan fingerprint density at radius 2 is 2.29 bits per heavy atom. The van der Waals surface area contributed by atoms with Crippen molar-refractivity contribution >= 4 is 0 Å². The van der Waals surface area contributed by atoms with E-state index in [2.05, 4.69) is 15.0 Å². The van der Waals surface area contributed by atoms with Crippen molar-refractivity contribution in [3.8, 4) is 11.5 Å². The molecule has 1 aliphatic rings. The van der Waals surface area contributed by atoms with Gasteiger partial charge in [-0.3, -0.25) is 4.90 Å². The average Bonchev–Trinajstić information content (AvgIpc) is 2.86. The normalized spacial score (nSPS) is 23.4. The van der Waals surface area contributed by atoms with E-state index in [-0.39, 0.29) is 0 Å². The molecule has 3 rings (SSSR count). The number of aliphatic hydroxyl groups is 1. The Hall–Kier alpha value is -1.72. The van der Waals surface area contributed by atoms with E-state index in [1.165, 1.54) is 5.56 Å². The van der Waals surface area contributed by atoms with Gasteiger partial charge in [0.1, 0.15) is 0 Å². The zero-order valence-electron chi connectivity index (χ0n) is 12.5. The van der Waals surface area contributed by atoms with Gasteiger partial charge in [-0.15, -0.1) is 0 Å². The van der Waals surface area contributed by atoms with Crippen molar-refractivity contribution in [2.24, 2.45) is 0 Å². The van der Waals surface area contributed by atoms with Gasteiger partial charge in [0, 0.05) is 12.1 Å². The topological polar surface area (TPSA) is 62.4 Å². The number of hydrogen-bond donors (Lipinski definition) is 1. The van der Waals surface area contributed by atoms with Gasteiger partial charge in [-0.1, -0.05) is 22.9 Å². The summed E-state index contributed by atoms with van der Waals surface area (Å²) in [6, 6.07) is 8.02. The van der Waals surface area contributed by atoms with Crippen LogP contribution in [0, 0.1) is 6.92 Å². The summed E-state index contributed by atoms with van der Waals surface area (Å²) < 4.78 is 5.35. The van der Waals surface area contributed by atoms with Gasteiger partial charge in [-0.2, -0.15) is 4.98 Å². The molecule has 2 heterocycles. The van der Waals surface area contributed by atoms with Crippen molar-refractivity contribution in [1.82, 2.24) is 15.0 Å². The summed E-state index contributed by atoms with van der Waals surface area (Å²) >= 11 is 0. The number of benzene rings is 1. The number of likely N-dealkylation sites (tertiary alicyclic amines) is 1. The molecule has 1 fully saturated rings. The van der Waals surface area contributed by atoms with Crippen LogP contribution in [0.25, 0.3) is 11.5 Å². The molecule has 0 aliphatic carbocycles. The van der Waals surface area contributed by atoms with Crippen molar-refractivity contribution in [1.29, 1.82) is 0 Å². The summed E-state index contributed by atoms with van der Waals surface area (Å²) in [6.45, 7) is 6.15. The quantitative estimate of drug-likeness (QED) is 0.939. The number of β-amino-alcohol motifs (C(OH)–C–C–N with tert-alkyl or cyclic N) is 1. The van der Waals surface area contributed by atoms with Crippen LogP contribution >= 0.6 is 0 Å². The van der Waals surface area contributed by atoms with E-state index in [4.69, 9.17) is 4.52 Å². The van der Waals surface area contributed by atoms with Crippen LogP contribution in [-0.2, 0) is 6.54 Å². The van der Waals surface area contributed by atoms with Crippen LogP contribution in [0.5, 0.6) is 0 Å². The summed E-state index contributed by atoms with van der Waals surface area (Å²) in [6.07, 6.45) is 1.85. The van der Waals surface area contributed by atoms with Gasteiger partial charge < -0.3 is 9.63 Å². The lowest BCUT2D eigenvalue weighted by molar-refractivity contribution is -0.0190. The molecule has 0 spiro atoms. The van der Waals surface area contributed by atoms with Crippen LogP contribution in [0.15, 0.2) is 28.8 Å². The van der Waals surface area contributed by atoms with Gasteiger partial charge in [0.25, 0.3) is 5.89 Å². The van der Waals surface area contributed by atoms with Gasteiger partial charge in [-0.25, -0.2) is 0 Å². The molecule has 1 aromatic carbocycles. The molecule has 0 radical (unpaired) electrons. The second-order valence-corrected chi connectivity index (χ2v) is 6.20. The average molecular weight is 287 g/mol. The van der Waals surface area contributed by atoms with Gasteiger partial charge in [0.15, 0.2) is 5.82 Å². The van der Waals surface area contributed by atoms with E-state index in [9.17, 15) is 5.11 Å². The van der Waals surface area contributed by atoms with Crippen LogP contribution in [0.3, 0.4) is 0 Å². The molecule has 1 unspecified atom stereocenters. The molecule has 1 N–H and O–H groups in total. The van der Waals surface area contributed by atoms with Crippen LogP contribution < -0.4 is 0 Å². The first-order chi connectivity index (χ1) is 10.0. The highest BCUT2D eigenvalue weighted by Crippen LogP contribution is 2.22. The lowest BCUT2D eigenvalue weighted by Gasteiger charge is -2.36. The van der Waals surface area contributed by atoms with E-state index >= 15 is 0 Å². The minimum atomic E-state index is -0.610. The third-order valence-corrected chi connectivity index (χ3v) is 3.85. The highest BCUT2D eigenvalue weighted by atomic mass is 16.5. The Balaban J connectivity index is 1.71. The van der Waals surface area contributed by atoms with E-state index in [0.717, 1.165) is 24.9 Å². The van der Waals surface area contributed by atoms with Gasteiger partial charge >= 0.3 is 0 Å². The molecule has 1 aliphatic heterocycles. The monoisotopic (exact) mass is 287 g/mol. The first kappa shape index (κ1) is 14.2. The summed E-state index contributed by atoms with van der Waals surface area (Å²) in [5.41, 5.74) is 1.50. The molecule has 0 bridgehead atoms. The third kappa shape index (κ3) is 3.49. The van der Waals surface area contributed by atoms with E-state index in [0.29, 0.717) is 24.8 Å². The molecule has 0 saturated carbocycles. The van der Waals surface area contributed by atoms with Crippen molar-refractivity contribution in [2.45, 2.75) is 38.8 Å². The Bertz CT molecular complexity index is 621. The molecular formula is C16H21N3O2. The number of aromatic nitrogens is 2. The minimum absolute atomic E-state index is 0.553. The largest absolute Gasteiger partial charge is 0.389 e. The molecule has 5 nitrogen and oxygen atoms in total. The lowest BCUT2D eigenvalue weighted by Crippen LogP contribution is -2.45. The Morgan fingerprint density at radius 3 is 3.05 bits per heavy atom. The van der Waals surface area contributed by atoms with Crippen molar-refractivity contribution in [3.63, 3.8) is 0 Å². The fourth-order valence-corrected chi connectivity index (χ4v) is 2.87. The fraction of sp³-hybridized carbons (Fsp3) is 0.500. The highest BCUT2D eigenvalue weighted by Gasteiger charge is 2.29. The smallest absolute Gasteiger partial charge is 0.257 e. The van der Waals surface area contributed by atoms with Crippen molar-refractivity contribution < 1.29 is 9.63 Å². The van der Waals surface area contributed by atoms with Crippen molar-refractivity contribution in [3.05, 3.63) is 35.7 Å². The summed E-state index contributed by atoms with van der Waals surface area (Å²) in [5.74, 6) is 1.22. The molecule has 21 heavy (non-hydrogen) atoms. The molecular weight excluding hydrogens is 266 g/mol. The molecule has 5 heteroatoms. The molecule has 1 atom stereocenters. The SMILES string of the molecule is Cc1cccc(-c2nc(CN3CCCC(C)(O)C3)no2)c1. The fourth-order valence-electron chi connectivity index (χ4n) is 2.87. The number of hydrogen-bond acceptors (Lipinski definition) is 5. The van der Waals surface area contributed by atoms with Crippen LogP contribution in [0.2, 0.25) is 0 Å². The zero-order valence-corrected chi connectivity index (χ0v) is 12.5. The van der Waals surface area contributed by atoms with E-state index in [1.807, 2.05) is 38.1 Å². The van der Waals surface area contributed by atoms with Crippen LogP contribution in [-0.4, -0.2) is 38.8 Å². The third-order valence-electron chi connectivity index (χ3n) is 3.85. The minimum Gasteiger partial charge on any atom is -0.389 e. The predicted octanol–water partition coefficient (Wildman–Crippen LogP) is 2.39. The number of rotatable bonds is 3. The standard InChI is InChI=1S/C16H21N3O2/c1-12-5-3-6-13(9-12)15-17-14(18-21-15)10-19-8-4-7-16(2,20)11-19/h3,5-6,9,20H,4,7-8,10-11H2,1-2H3. The van der Waals surface area contributed by atoms with Crippen LogP contribution in [0.4, 0.5) is 0 Å². The zero-order chi connectivity index (χ0) is 14.9. The molecule has 1 aromatic heterocycles. The molecule has 0 amide bonds. The molecule has 1 saturated heterocycles.